The molecule has 36 heavy (non-hydrogen) atoms. The molecule has 0 N–H and O–H groups in total. The number of hydrogen-bond donors (Lipinski definition) is 0. The van der Waals surface area contributed by atoms with Crippen molar-refractivity contribution in [2.45, 2.75) is 50.7 Å². The predicted molar refractivity (Wildman–Crippen MR) is 128 cm³/mol. The Morgan fingerprint density at radius 3 is 2.50 bits per heavy atom. The quantitative estimate of drug-likeness (QED) is 0.398. The number of alkyl halides is 3. The second-order valence-corrected chi connectivity index (χ2v) is 9.25. The van der Waals surface area contributed by atoms with E-state index in [4.69, 9.17) is 0 Å². The Balaban J connectivity index is 1.32. The molecule has 5 nitrogen and oxygen atoms in total. The molecule has 1 aromatic heterocycles. The molecule has 1 atom stereocenters. The smallest absolute Gasteiger partial charge is 0.347 e. The summed E-state index contributed by atoms with van der Waals surface area (Å²) >= 11 is 0. The Hall–Kier alpha value is -3.49. The Labute approximate surface area is 206 Å². The van der Waals surface area contributed by atoms with Crippen molar-refractivity contribution in [1.29, 1.82) is 0 Å². The molecule has 3 aromatic rings. The summed E-state index contributed by atoms with van der Waals surface area (Å²) in [6.07, 6.45) is 0.743. The molecular formula is C27H26F4N4O. The fraction of sp³-hybridized carbons (Fsp3) is 0.370. The first-order valence-electron chi connectivity index (χ1n) is 12.1. The fourth-order valence-electron chi connectivity index (χ4n) is 5.09. The van der Waals surface area contributed by atoms with E-state index >= 15 is 4.39 Å². The first-order chi connectivity index (χ1) is 17.3. The molecule has 188 valence electrons. The molecule has 2 aliphatic rings. The van der Waals surface area contributed by atoms with E-state index in [0.29, 0.717) is 50.0 Å². The normalized spacial score (nSPS) is 18.3. The average molecular weight is 499 g/mol. The lowest BCUT2D eigenvalue weighted by Crippen LogP contribution is -2.25. The molecule has 0 saturated carbocycles. The van der Waals surface area contributed by atoms with Gasteiger partial charge in [-0.25, -0.2) is 14.4 Å². The fourth-order valence-corrected chi connectivity index (χ4v) is 5.09. The molecule has 0 spiro atoms. The largest absolute Gasteiger partial charge is 0.416 e. The maximum absolute atomic E-state index is 15.5. The highest BCUT2D eigenvalue weighted by Crippen LogP contribution is 2.38. The Kier molecular flexibility index (Phi) is 6.64. The van der Waals surface area contributed by atoms with Gasteiger partial charge < -0.3 is 9.80 Å². The van der Waals surface area contributed by atoms with E-state index in [1.54, 1.807) is 4.90 Å². The molecule has 3 heterocycles. The van der Waals surface area contributed by atoms with Crippen molar-refractivity contribution >= 4 is 17.4 Å². The maximum atomic E-state index is 15.5. The third kappa shape index (κ3) is 4.92. The van der Waals surface area contributed by atoms with Gasteiger partial charge >= 0.3 is 6.18 Å². The first kappa shape index (κ1) is 24.2. The zero-order valence-electron chi connectivity index (χ0n) is 19.6. The Morgan fingerprint density at radius 1 is 0.972 bits per heavy atom. The van der Waals surface area contributed by atoms with Gasteiger partial charge in [0.1, 0.15) is 6.33 Å². The highest BCUT2D eigenvalue weighted by Gasteiger charge is 2.33. The van der Waals surface area contributed by atoms with Crippen molar-refractivity contribution in [2.75, 3.05) is 22.9 Å². The third-order valence-electron chi connectivity index (χ3n) is 6.94. The van der Waals surface area contributed by atoms with E-state index in [2.05, 4.69) is 9.97 Å². The average Bonchev–Trinajstić information content (AvgIpc) is 3.52. The molecule has 0 bridgehead atoms. The van der Waals surface area contributed by atoms with Crippen LogP contribution in [0.3, 0.4) is 0 Å². The number of carbonyl (C=O) groups is 1. The molecule has 5 rings (SSSR count). The number of amides is 1. The SMILES string of the molecule is O=C1CCCN1c1cccc(CCc2ncnc(N3CCCC3c3ccc(C(F)(F)F)cc3)c2F)c1. The zero-order valence-corrected chi connectivity index (χ0v) is 19.6. The molecule has 2 aliphatic heterocycles. The minimum Gasteiger partial charge on any atom is -0.347 e. The van der Waals surface area contributed by atoms with Gasteiger partial charge in [-0.1, -0.05) is 24.3 Å². The van der Waals surface area contributed by atoms with Crippen molar-refractivity contribution in [2.24, 2.45) is 0 Å². The number of anilines is 2. The minimum atomic E-state index is -4.40. The second-order valence-electron chi connectivity index (χ2n) is 9.25. The number of carbonyl (C=O) groups excluding carboxylic acids is 1. The van der Waals surface area contributed by atoms with E-state index < -0.39 is 17.6 Å². The molecule has 0 aliphatic carbocycles. The summed E-state index contributed by atoms with van der Waals surface area (Å²) in [6, 6.07) is 12.5. The number of hydrogen-bond acceptors (Lipinski definition) is 4. The lowest BCUT2D eigenvalue weighted by Gasteiger charge is -2.27. The van der Waals surface area contributed by atoms with Crippen molar-refractivity contribution < 1.29 is 22.4 Å². The monoisotopic (exact) mass is 498 g/mol. The first-order valence-corrected chi connectivity index (χ1v) is 12.1. The summed E-state index contributed by atoms with van der Waals surface area (Å²) in [5.74, 6) is -0.201. The molecule has 2 saturated heterocycles. The van der Waals surface area contributed by atoms with E-state index in [1.807, 2.05) is 29.2 Å². The summed E-state index contributed by atoms with van der Waals surface area (Å²) in [5.41, 5.74) is 2.13. The Morgan fingerprint density at radius 2 is 1.78 bits per heavy atom. The summed E-state index contributed by atoms with van der Waals surface area (Å²) in [7, 11) is 0. The topological polar surface area (TPSA) is 49.3 Å². The van der Waals surface area contributed by atoms with E-state index in [0.717, 1.165) is 36.2 Å². The number of benzene rings is 2. The molecule has 1 unspecified atom stereocenters. The standard InChI is InChI=1S/C27H26F4N4O/c28-25-22(13-8-18-4-1-5-21(16-18)34-14-3-7-24(34)36)32-17-33-26(25)35-15-2-6-23(35)19-9-11-20(12-10-19)27(29,30)31/h1,4-5,9-12,16-17,23H,2-3,6-8,13-15H2. The van der Waals surface area contributed by atoms with Crippen molar-refractivity contribution in [3.05, 3.63) is 83.1 Å². The van der Waals surface area contributed by atoms with Crippen molar-refractivity contribution in [1.82, 2.24) is 9.97 Å². The van der Waals surface area contributed by atoms with E-state index in [-0.39, 0.29) is 17.8 Å². The lowest BCUT2D eigenvalue weighted by molar-refractivity contribution is -0.137. The van der Waals surface area contributed by atoms with Crippen LogP contribution in [-0.2, 0) is 23.8 Å². The van der Waals surface area contributed by atoms with Gasteiger partial charge in [0.15, 0.2) is 11.6 Å². The van der Waals surface area contributed by atoms with Crippen LogP contribution in [0.15, 0.2) is 54.9 Å². The highest BCUT2D eigenvalue weighted by atomic mass is 19.4. The van der Waals surface area contributed by atoms with Crippen LogP contribution in [0.2, 0.25) is 0 Å². The summed E-state index contributed by atoms with van der Waals surface area (Å²) in [4.78, 5) is 24.0. The summed E-state index contributed by atoms with van der Waals surface area (Å²) in [6.45, 7) is 1.27. The van der Waals surface area contributed by atoms with Crippen LogP contribution < -0.4 is 9.80 Å². The number of aromatic nitrogens is 2. The van der Waals surface area contributed by atoms with Gasteiger partial charge in [-0.2, -0.15) is 13.2 Å². The zero-order chi connectivity index (χ0) is 25.3. The van der Waals surface area contributed by atoms with Gasteiger partial charge in [-0.15, -0.1) is 0 Å². The van der Waals surface area contributed by atoms with E-state index in [1.165, 1.54) is 18.5 Å². The van der Waals surface area contributed by atoms with Crippen LogP contribution >= 0.6 is 0 Å². The lowest BCUT2D eigenvalue weighted by atomic mass is 10.0. The van der Waals surface area contributed by atoms with Crippen molar-refractivity contribution in [3.63, 3.8) is 0 Å². The van der Waals surface area contributed by atoms with Gasteiger partial charge in [0, 0.05) is 25.2 Å². The molecule has 0 radical (unpaired) electrons. The third-order valence-corrected chi connectivity index (χ3v) is 6.94. The summed E-state index contributed by atoms with van der Waals surface area (Å²) < 4.78 is 54.4. The van der Waals surface area contributed by atoms with Crippen LogP contribution in [-0.4, -0.2) is 29.0 Å². The molecular weight excluding hydrogens is 472 g/mol. The summed E-state index contributed by atoms with van der Waals surface area (Å²) in [5, 5.41) is 0. The highest BCUT2D eigenvalue weighted by molar-refractivity contribution is 5.95. The van der Waals surface area contributed by atoms with Gasteiger partial charge in [0.25, 0.3) is 0 Å². The Bertz CT molecular complexity index is 1250. The second kappa shape index (κ2) is 9.87. The number of rotatable bonds is 6. The van der Waals surface area contributed by atoms with Gasteiger partial charge in [0.05, 0.1) is 17.3 Å². The van der Waals surface area contributed by atoms with Gasteiger partial charge in [0.2, 0.25) is 5.91 Å². The predicted octanol–water partition coefficient (Wildman–Crippen LogP) is 5.89. The minimum absolute atomic E-state index is 0.117. The van der Waals surface area contributed by atoms with Gasteiger partial charge in [-0.3, -0.25) is 4.79 Å². The van der Waals surface area contributed by atoms with Crippen molar-refractivity contribution in [3.8, 4) is 0 Å². The van der Waals surface area contributed by atoms with Crippen LogP contribution in [0, 0.1) is 5.82 Å². The number of halogens is 4. The number of nitrogens with zero attached hydrogens (tertiary/aromatic N) is 4. The number of aryl methyl sites for hydroxylation is 2. The van der Waals surface area contributed by atoms with Crippen LogP contribution in [0.1, 0.15) is 54.1 Å². The molecule has 2 fully saturated rings. The molecule has 2 aromatic carbocycles. The van der Waals surface area contributed by atoms with Gasteiger partial charge in [-0.05, 0) is 67.5 Å². The van der Waals surface area contributed by atoms with Crippen LogP contribution in [0.5, 0.6) is 0 Å². The van der Waals surface area contributed by atoms with E-state index in [9.17, 15) is 18.0 Å². The van der Waals surface area contributed by atoms with Crippen LogP contribution in [0.25, 0.3) is 0 Å². The van der Waals surface area contributed by atoms with Crippen LogP contribution in [0.4, 0.5) is 29.1 Å². The maximum Gasteiger partial charge on any atom is 0.416 e. The molecule has 9 heteroatoms. The molecule has 1 amide bonds.